The Morgan fingerprint density at radius 1 is 1.18 bits per heavy atom. The van der Waals surface area contributed by atoms with Gasteiger partial charge in [-0.1, -0.05) is 38.1 Å². The summed E-state index contributed by atoms with van der Waals surface area (Å²) in [7, 11) is 2.14. The molecule has 7 heteroatoms. The van der Waals surface area contributed by atoms with Gasteiger partial charge in [0.1, 0.15) is 0 Å². The number of hydrogen-bond acceptors (Lipinski definition) is 4. The highest BCUT2D eigenvalue weighted by atomic mass is 127. The molecule has 0 aliphatic rings. The van der Waals surface area contributed by atoms with Crippen LogP contribution in [0.1, 0.15) is 41.8 Å². The Kier molecular flexibility index (Phi) is 12.3. The Morgan fingerprint density at radius 3 is 2.64 bits per heavy atom. The van der Waals surface area contributed by atoms with Gasteiger partial charge in [0.05, 0.1) is 11.6 Å². The monoisotopic (exact) mass is 515 g/mol. The molecular formula is C21H34IN5S. The van der Waals surface area contributed by atoms with Gasteiger partial charge in [0.2, 0.25) is 0 Å². The Morgan fingerprint density at radius 2 is 1.96 bits per heavy atom. The summed E-state index contributed by atoms with van der Waals surface area (Å²) < 4.78 is 0. The van der Waals surface area contributed by atoms with E-state index in [9.17, 15) is 0 Å². The number of thiazole rings is 1. The van der Waals surface area contributed by atoms with Crippen LogP contribution in [0.15, 0.2) is 35.5 Å². The minimum atomic E-state index is 0. The minimum absolute atomic E-state index is 0. The van der Waals surface area contributed by atoms with E-state index >= 15 is 0 Å². The van der Waals surface area contributed by atoms with E-state index in [1.54, 1.807) is 11.3 Å². The Labute approximate surface area is 191 Å². The molecule has 0 fully saturated rings. The van der Waals surface area contributed by atoms with Crippen molar-refractivity contribution in [3.63, 3.8) is 0 Å². The summed E-state index contributed by atoms with van der Waals surface area (Å²) in [6.45, 7) is 10.8. The highest BCUT2D eigenvalue weighted by Crippen LogP contribution is 2.13. The number of aryl methyl sites for hydroxylation is 1. The normalized spacial score (nSPS) is 11.4. The number of aromatic nitrogens is 1. The second-order valence-corrected chi connectivity index (χ2v) is 7.80. The van der Waals surface area contributed by atoms with Gasteiger partial charge in [0.15, 0.2) is 5.96 Å². The van der Waals surface area contributed by atoms with Crippen molar-refractivity contribution in [2.75, 3.05) is 26.7 Å². The molecule has 156 valence electrons. The molecule has 2 aromatic rings. The summed E-state index contributed by atoms with van der Waals surface area (Å²) in [4.78, 5) is 12.9. The molecule has 0 saturated heterocycles. The van der Waals surface area contributed by atoms with Crippen molar-refractivity contribution in [1.82, 2.24) is 20.5 Å². The van der Waals surface area contributed by atoms with Crippen LogP contribution in [0.4, 0.5) is 0 Å². The summed E-state index contributed by atoms with van der Waals surface area (Å²) in [5.74, 6) is 0.862. The van der Waals surface area contributed by atoms with Gasteiger partial charge in [-0.05, 0) is 38.1 Å². The van der Waals surface area contributed by atoms with Crippen molar-refractivity contribution in [2.24, 2.45) is 4.99 Å². The molecule has 0 unspecified atom stereocenters. The quantitative estimate of drug-likeness (QED) is 0.285. The second-order valence-electron chi connectivity index (χ2n) is 6.60. The first-order chi connectivity index (χ1) is 13.1. The molecule has 0 saturated carbocycles. The molecule has 0 bridgehead atoms. The molecular weight excluding hydrogens is 481 g/mol. The van der Waals surface area contributed by atoms with Crippen molar-refractivity contribution in [3.8, 4) is 0 Å². The van der Waals surface area contributed by atoms with Gasteiger partial charge in [0.25, 0.3) is 0 Å². The van der Waals surface area contributed by atoms with Gasteiger partial charge in [-0.15, -0.1) is 35.3 Å². The summed E-state index contributed by atoms with van der Waals surface area (Å²) in [6.07, 6.45) is 3.97. The summed E-state index contributed by atoms with van der Waals surface area (Å²) in [5, 5.41) is 7.93. The summed E-state index contributed by atoms with van der Waals surface area (Å²) in [5.41, 5.74) is 2.57. The Hall–Kier alpha value is -1.19. The summed E-state index contributed by atoms with van der Waals surface area (Å²) >= 11 is 1.80. The van der Waals surface area contributed by atoms with Crippen molar-refractivity contribution < 1.29 is 0 Å². The van der Waals surface area contributed by atoms with E-state index in [1.807, 2.05) is 6.20 Å². The lowest BCUT2D eigenvalue weighted by Gasteiger charge is -2.14. The molecule has 1 heterocycles. The van der Waals surface area contributed by atoms with Gasteiger partial charge >= 0.3 is 0 Å². The lowest BCUT2D eigenvalue weighted by molar-refractivity contribution is 0.345. The zero-order valence-electron chi connectivity index (χ0n) is 17.5. The molecule has 0 radical (unpaired) electrons. The number of rotatable bonds is 10. The first-order valence-corrected chi connectivity index (χ1v) is 10.7. The van der Waals surface area contributed by atoms with Crippen LogP contribution in [-0.4, -0.2) is 42.5 Å². The van der Waals surface area contributed by atoms with E-state index in [-0.39, 0.29) is 24.0 Å². The molecule has 2 N–H and O–H groups in total. The van der Waals surface area contributed by atoms with Crippen LogP contribution < -0.4 is 10.6 Å². The molecule has 0 aliphatic heterocycles. The SMILES string of the molecule is CCNC(=NCc1cccc(CN(C)CC)c1)NCCc1ncc(CC)s1.I. The molecule has 5 nitrogen and oxygen atoms in total. The molecule has 0 amide bonds. The molecule has 1 aromatic heterocycles. The lowest BCUT2D eigenvalue weighted by atomic mass is 10.1. The topological polar surface area (TPSA) is 52.6 Å². The smallest absolute Gasteiger partial charge is 0.191 e. The standard InChI is InChI=1S/C21H33N5S.HI/c1-5-19-15-24-20(27-19)11-12-23-21(22-6-2)25-14-17-9-8-10-18(13-17)16-26(4)7-3;/h8-10,13,15H,5-7,11-12,14,16H2,1-4H3,(H2,22,23,25);1H. The van der Waals surface area contributed by atoms with E-state index in [1.165, 1.54) is 21.0 Å². The first-order valence-electron chi connectivity index (χ1n) is 9.86. The predicted molar refractivity (Wildman–Crippen MR) is 132 cm³/mol. The van der Waals surface area contributed by atoms with Crippen LogP contribution in [0.3, 0.4) is 0 Å². The molecule has 0 atom stereocenters. The fraction of sp³-hybridized carbons (Fsp3) is 0.524. The van der Waals surface area contributed by atoms with Crippen LogP contribution in [0.5, 0.6) is 0 Å². The molecule has 1 aromatic carbocycles. The van der Waals surface area contributed by atoms with E-state index < -0.39 is 0 Å². The van der Waals surface area contributed by atoms with E-state index in [4.69, 9.17) is 4.99 Å². The maximum atomic E-state index is 4.74. The van der Waals surface area contributed by atoms with Crippen molar-refractivity contribution >= 4 is 41.3 Å². The van der Waals surface area contributed by atoms with E-state index in [0.717, 1.165) is 45.0 Å². The third-order valence-electron chi connectivity index (χ3n) is 4.33. The predicted octanol–water partition coefficient (Wildman–Crippen LogP) is 4.07. The molecule has 0 spiro atoms. The fourth-order valence-corrected chi connectivity index (χ4v) is 3.54. The summed E-state index contributed by atoms with van der Waals surface area (Å²) in [6, 6.07) is 8.70. The van der Waals surface area contributed by atoms with E-state index in [0.29, 0.717) is 6.54 Å². The number of hydrogen-bond donors (Lipinski definition) is 2. The highest BCUT2D eigenvalue weighted by Gasteiger charge is 2.03. The van der Waals surface area contributed by atoms with Gasteiger partial charge in [-0.3, -0.25) is 0 Å². The number of nitrogens with zero attached hydrogens (tertiary/aromatic N) is 3. The van der Waals surface area contributed by atoms with Gasteiger partial charge < -0.3 is 15.5 Å². The Balaban J connectivity index is 0.00000392. The maximum absolute atomic E-state index is 4.74. The van der Waals surface area contributed by atoms with Crippen LogP contribution in [0.2, 0.25) is 0 Å². The van der Waals surface area contributed by atoms with Crippen LogP contribution in [0.25, 0.3) is 0 Å². The first kappa shape index (κ1) is 24.8. The van der Waals surface area contributed by atoms with Crippen LogP contribution >= 0.6 is 35.3 Å². The highest BCUT2D eigenvalue weighted by molar-refractivity contribution is 14.0. The number of aliphatic imine (C=N–C) groups is 1. The lowest BCUT2D eigenvalue weighted by Crippen LogP contribution is -2.38. The van der Waals surface area contributed by atoms with Gasteiger partial charge in [-0.25, -0.2) is 9.98 Å². The van der Waals surface area contributed by atoms with Gasteiger partial charge in [0, 0.05) is 37.1 Å². The number of nitrogens with one attached hydrogen (secondary N) is 2. The minimum Gasteiger partial charge on any atom is -0.357 e. The van der Waals surface area contributed by atoms with Crippen LogP contribution in [0, 0.1) is 0 Å². The van der Waals surface area contributed by atoms with Crippen molar-refractivity contribution in [2.45, 2.75) is 46.7 Å². The third-order valence-corrected chi connectivity index (χ3v) is 5.53. The number of halogens is 1. The molecule has 0 aliphatic carbocycles. The van der Waals surface area contributed by atoms with Crippen LogP contribution in [-0.2, 0) is 25.9 Å². The molecule has 2 rings (SSSR count). The van der Waals surface area contributed by atoms with Crippen molar-refractivity contribution in [3.05, 3.63) is 51.5 Å². The largest absolute Gasteiger partial charge is 0.357 e. The maximum Gasteiger partial charge on any atom is 0.191 e. The average molecular weight is 516 g/mol. The van der Waals surface area contributed by atoms with Crippen molar-refractivity contribution in [1.29, 1.82) is 0 Å². The van der Waals surface area contributed by atoms with Gasteiger partial charge in [-0.2, -0.15) is 0 Å². The fourth-order valence-electron chi connectivity index (χ4n) is 2.68. The Bertz CT molecular complexity index is 716. The third kappa shape index (κ3) is 8.87. The number of benzene rings is 1. The number of guanidine groups is 1. The zero-order valence-corrected chi connectivity index (χ0v) is 20.6. The zero-order chi connectivity index (χ0) is 19.5. The molecule has 28 heavy (non-hydrogen) atoms. The van der Waals surface area contributed by atoms with E-state index in [2.05, 4.69) is 72.6 Å². The average Bonchev–Trinajstić information content (AvgIpc) is 3.14. The second kappa shape index (κ2) is 13.9.